The molecule has 0 radical (unpaired) electrons. The highest BCUT2D eigenvalue weighted by atomic mass is 14.9. The van der Waals surface area contributed by atoms with Crippen molar-refractivity contribution in [1.29, 1.82) is 0 Å². The zero-order valence-corrected chi connectivity index (χ0v) is 10.9. The van der Waals surface area contributed by atoms with Crippen LogP contribution in [0.5, 0.6) is 0 Å². The van der Waals surface area contributed by atoms with Crippen LogP contribution < -0.4 is 5.32 Å². The molecule has 2 aliphatic rings. The molecule has 1 aliphatic heterocycles. The third-order valence-electron chi connectivity index (χ3n) is 4.39. The highest BCUT2D eigenvalue weighted by molar-refractivity contribution is 5.62. The van der Waals surface area contributed by atoms with Crippen molar-refractivity contribution < 1.29 is 0 Å². The summed E-state index contributed by atoms with van der Waals surface area (Å²) < 4.78 is 0. The largest absolute Gasteiger partial charge is 0.384 e. The molecule has 17 heavy (non-hydrogen) atoms. The van der Waals surface area contributed by atoms with Gasteiger partial charge in [0.05, 0.1) is 0 Å². The van der Waals surface area contributed by atoms with Crippen LogP contribution in [0.25, 0.3) is 0 Å². The Morgan fingerprint density at radius 2 is 2.00 bits per heavy atom. The first kappa shape index (κ1) is 11.1. The Labute approximate surface area is 105 Å². The molecule has 1 aliphatic carbocycles. The van der Waals surface area contributed by atoms with E-state index in [0.29, 0.717) is 0 Å². The Hall–Kier alpha value is -0.980. The highest BCUT2D eigenvalue weighted by Crippen LogP contribution is 2.35. The van der Waals surface area contributed by atoms with Crippen molar-refractivity contribution in [2.75, 3.05) is 11.9 Å². The van der Waals surface area contributed by atoms with E-state index in [1.165, 1.54) is 57.2 Å². The minimum atomic E-state index is 0.856. The van der Waals surface area contributed by atoms with E-state index in [9.17, 15) is 0 Å². The van der Waals surface area contributed by atoms with Crippen LogP contribution in [0.3, 0.4) is 0 Å². The van der Waals surface area contributed by atoms with Crippen LogP contribution in [0.4, 0.5) is 5.69 Å². The number of benzene rings is 1. The van der Waals surface area contributed by atoms with E-state index < -0.39 is 0 Å². The molecular weight excluding hydrogens is 206 g/mol. The monoisotopic (exact) mass is 229 g/mol. The number of fused-ring (bicyclic) bond motifs is 3. The second-order valence-electron chi connectivity index (χ2n) is 5.68. The normalized spacial score (nSPS) is 22.5. The summed E-state index contributed by atoms with van der Waals surface area (Å²) in [6, 6.07) is 4.78. The van der Waals surface area contributed by atoms with Gasteiger partial charge in [0.25, 0.3) is 0 Å². The molecule has 1 heteroatoms. The van der Waals surface area contributed by atoms with Crippen LogP contribution in [0, 0.1) is 5.92 Å². The van der Waals surface area contributed by atoms with E-state index in [0.717, 1.165) is 5.92 Å². The molecule has 1 nitrogen and oxygen atoms in total. The Morgan fingerprint density at radius 3 is 2.88 bits per heavy atom. The highest BCUT2D eigenvalue weighted by Gasteiger charge is 2.22. The molecular formula is C16H23N. The topological polar surface area (TPSA) is 12.0 Å². The first-order valence-corrected chi connectivity index (χ1v) is 7.26. The lowest BCUT2D eigenvalue weighted by Gasteiger charge is -2.30. The minimum Gasteiger partial charge on any atom is -0.384 e. The molecule has 1 heterocycles. The van der Waals surface area contributed by atoms with Gasteiger partial charge in [0.15, 0.2) is 0 Å². The van der Waals surface area contributed by atoms with Crippen molar-refractivity contribution in [2.24, 2.45) is 5.92 Å². The average Bonchev–Trinajstić information content (AvgIpc) is 2.39. The molecule has 1 atom stereocenters. The summed E-state index contributed by atoms with van der Waals surface area (Å²) in [5.41, 5.74) is 6.34. The summed E-state index contributed by atoms with van der Waals surface area (Å²) in [5, 5.41) is 3.73. The molecule has 1 N–H and O–H groups in total. The van der Waals surface area contributed by atoms with Crippen molar-refractivity contribution in [3.8, 4) is 0 Å². The maximum absolute atomic E-state index is 3.73. The van der Waals surface area contributed by atoms with Gasteiger partial charge in [-0.05, 0) is 61.1 Å². The van der Waals surface area contributed by atoms with Gasteiger partial charge >= 0.3 is 0 Å². The molecule has 1 aromatic rings. The quantitative estimate of drug-likeness (QED) is 0.809. The van der Waals surface area contributed by atoms with Crippen molar-refractivity contribution >= 4 is 5.69 Å². The average molecular weight is 229 g/mol. The van der Waals surface area contributed by atoms with E-state index in [2.05, 4.69) is 24.4 Å². The molecule has 0 bridgehead atoms. The van der Waals surface area contributed by atoms with E-state index in [-0.39, 0.29) is 0 Å². The van der Waals surface area contributed by atoms with Crippen LogP contribution in [-0.4, -0.2) is 6.54 Å². The van der Waals surface area contributed by atoms with Crippen LogP contribution >= 0.6 is 0 Å². The summed E-state index contributed by atoms with van der Waals surface area (Å²) in [6.07, 6.45) is 9.32. The number of hydrogen-bond acceptors (Lipinski definition) is 1. The predicted molar refractivity (Wildman–Crippen MR) is 73.7 cm³/mol. The van der Waals surface area contributed by atoms with Crippen LogP contribution in [0.1, 0.15) is 49.3 Å². The molecule has 3 rings (SSSR count). The lowest BCUT2D eigenvalue weighted by molar-refractivity contribution is 0.488. The molecule has 0 saturated heterocycles. The molecule has 0 saturated carbocycles. The molecule has 1 aromatic carbocycles. The van der Waals surface area contributed by atoms with E-state index in [1.807, 2.05) is 0 Å². The van der Waals surface area contributed by atoms with Gasteiger partial charge in [-0.15, -0.1) is 0 Å². The first-order valence-electron chi connectivity index (χ1n) is 7.26. The fourth-order valence-corrected chi connectivity index (χ4v) is 3.51. The van der Waals surface area contributed by atoms with Crippen molar-refractivity contribution in [3.05, 3.63) is 28.8 Å². The van der Waals surface area contributed by atoms with Crippen molar-refractivity contribution in [1.82, 2.24) is 0 Å². The minimum absolute atomic E-state index is 0.856. The number of hydrogen-bond donors (Lipinski definition) is 1. The van der Waals surface area contributed by atoms with Crippen LogP contribution in [0.15, 0.2) is 12.1 Å². The maximum atomic E-state index is 3.73. The Kier molecular flexibility index (Phi) is 3.09. The van der Waals surface area contributed by atoms with Crippen LogP contribution in [0.2, 0.25) is 0 Å². The zero-order chi connectivity index (χ0) is 11.7. The van der Waals surface area contributed by atoms with Gasteiger partial charge < -0.3 is 5.32 Å². The molecule has 0 spiro atoms. The maximum Gasteiger partial charge on any atom is 0.0408 e. The molecule has 92 valence electrons. The van der Waals surface area contributed by atoms with Crippen LogP contribution in [-0.2, 0) is 19.3 Å². The lowest BCUT2D eigenvalue weighted by atomic mass is 9.83. The molecule has 0 amide bonds. The van der Waals surface area contributed by atoms with E-state index in [1.54, 1.807) is 16.7 Å². The smallest absolute Gasteiger partial charge is 0.0408 e. The predicted octanol–water partition coefficient (Wildman–Crippen LogP) is 3.95. The molecule has 1 unspecified atom stereocenters. The summed E-state index contributed by atoms with van der Waals surface area (Å²) in [5.74, 6) is 0.856. The first-order chi connectivity index (χ1) is 8.38. The Balaban J connectivity index is 1.90. The zero-order valence-electron chi connectivity index (χ0n) is 10.9. The second kappa shape index (κ2) is 4.72. The van der Waals surface area contributed by atoms with Gasteiger partial charge in [0.1, 0.15) is 0 Å². The number of rotatable bonds is 2. The third-order valence-corrected chi connectivity index (χ3v) is 4.39. The van der Waals surface area contributed by atoms with Gasteiger partial charge in [0, 0.05) is 12.2 Å². The molecule has 0 fully saturated rings. The number of aryl methyl sites for hydroxylation is 1. The summed E-state index contributed by atoms with van der Waals surface area (Å²) in [7, 11) is 0. The van der Waals surface area contributed by atoms with Gasteiger partial charge in [-0.25, -0.2) is 0 Å². The SMILES string of the molecule is CCCC1CNc2c(ccc3c2CCCC3)C1. The Morgan fingerprint density at radius 1 is 1.18 bits per heavy atom. The van der Waals surface area contributed by atoms with Crippen molar-refractivity contribution in [2.45, 2.75) is 51.9 Å². The van der Waals surface area contributed by atoms with Crippen molar-refractivity contribution in [3.63, 3.8) is 0 Å². The Bertz CT molecular complexity index is 408. The third kappa shape index (κ3) is 2.08. The summed E-state index contributed by atoms with van der Waals surface area (Å²) in [6.45, 7) is 3.49. The standard InChI is InChI=1S/C16H23N/c1-2-5-12-10-14-9-8-13-6-3-4-7-15(13)16(14)17-11-12/h8-9,12,17H,2-7,10-11H2,1H3. The summed E-state index contributed by atoms with van der Waals surface area (Å²) >= 11 is 0. The number of anilines is 1. The van der Waals surface area contributed by atoms with Gasteiger partial charge in [-0.3, -0.25) is 0 Å². The fraction of sp³-hybridized carbons (Fsp3) is 0.625. The molecule has 0 aromatic heterocycles. The van der Waals surface area contributed by atoms with E-state index >= 15 is 0 Å². The van der Waals surface area contributed by atoms with Gasteiger partial charge in [-0.2, -0.15) is 0 Å². The fourth-order valence-electron chi connectivity index (χ4n) is 3.51. The number of nitrogens with one attached hydrogen (secondary N) is 1. The van der Waals surface area contributed by atoms with Gasteiger partial charge in [0.2, 0.25) is 0 Å². The summed E-state index contributed by atoms with van der Waals surface area (Å²) in [4.78, 5) is 0. The second-order valence-corrected chi connectivity index (χ2v) is 5.68. The lowest BCUT2D eigenvalue weighted by Crippen LogP contribution is -2.25. The van der Waals surface area contributed by atoms with E-state index in [4.69, 9.17) is 0 Å². The van der Waals surface area contributed by atoms with Gasteiger partial charge in [-0.1, -0.05) is 25.5 Å².